The second-order valence-corrected chi connectivity index (χ2v) is 8.65. The number of aromatic nitrogens is 1. The number of hydrogen-bond acceptors (Lipinski definition) is 5. The van der Waals surface area contributed by atoms with E-state index in [0.717, 1.165) is 43.3 Å². The number of para-hydroxylation sites is 1. The average molecular weight is 464 g/mol. The van der Waals surface area contributed by atoms with Gasteiger partial charge in [-0.2, -0.15) is 13.2 Å². The van der Waals surface area contributed by atoms with Gasteiger partial charge in [-0.15, -0.1) is 0 Å². The molecule has 2 aromatic rings. The van der Waals surface area contributed by atoms with Gasteiger partial charge in [-0.05, 0) is 62.5 Å². The molecule has 0 spiro atoms. The maximum absolute atomic E-state index is 13.3. The number of carbonyl (C=O) groups is 1. The number of carbonyl (C=O) groups excluding carboxylic acids is 1. The molecule has 4 rings (SSSR count). The van der Waals surface area contributed by atoms with Crippen LogP contribution in [0.4, 0.5) is 13.2 Å². The molecule has 2 aliphatic rings. The number of rotatable bonds is 6. The first-order chi connectivity index (χ1) is 15.8. The van der Waals surface area contributed by atoms with Crippen LogP contribution in [0, 0.1) is 12.8 Å². The molecule has 0 saturated carbocycles. The van der Waals surface area contributed by atoms with Crippen molar-refractivity contribution in [3.63, 3.8) is 0 Å². The number of likely N-dealkylation sites (tertiary alicyclic amines) is 1. The molecular formula is C24H28F3N3O3. The van der Waals surface area contributed by atoms with Crippen LogP contribution in [0.1, 0.15) is 29.7 Å². The zero-order chi connectivity index (χ0) is 23.4. The van der Waals surface area contributed by atoms with E-state index in [1.54, 1.807) is 6.20 Å². The number of amides is 1. The van der Waals surface area contributed by atoms with E-state index in [-0.39, 0.29) is 24.0 Å². The second-order valence-electron chi connectivity index (χ2n) is 8.65. The molecule has 1 fully saturated rings. The number of nitrogens with one attached hydrogen (secondary N) is 1. The van der Waals surface area contributed by atoms with Crippen LogP contribution >= 0.6 is 0 Å². The molecule has 178 valence electrons. The average Bonchev–Trinajstić information content (AvgIpc) is 2.79. The highest BCUT2D eigenvalue weighted by atomic mass is 19.4. The third kappa shape index (κ3) is 5.96. The van der Waals surface area contributed by atoms with Crippen LogP contribution in [-0.2, 0) is 17.4 Å². The van der Waals surface area contributed by atoms with Gasteiger partial charge in [0.15, 0.2) is 11.5 Å². The first kappa shape index (κ1) is 23.4. The molecule has 1 aromatic carbocycles. The highest BCUT2D eigenvalue weighted by molar-refractivity contribution is 5.78. The van der Waals surface area contributed by atoms with Gasteiger partial charge in [-0.25, -0.2) is 0 Å². The van der Waals surface area contributed by atoms with Crippen LogP contribution < -0.4 is 14.8 Å². The zero-order valence-electron chi connectivity index (χ0n) is 18.5. The number of pyridine rings is 1. The number of aryl methyl sites for hydroxylation is 1. The van der Waals surface area contributed by atoms with Gasteiger partial charge in [0.05, 0.1) is 6.42 Å². The number of fused-ring (bicyclic) bond motifs is 1. The van der Waals surface area contributed by atoms with E-state index in [1.807, 2.05) is 19.1 Å². The number of alkyl halides is 3. The molecule has 1 aromatic heterocycles. The monoisotopic (exact) mass is 463 g/mol. The van der Waals surface area contributed by atoms with Gasteiger partial charge in [0.2, 0.25) is 5.91 Å². The summed E-state index contributed by atoms with van der Waals surface area (Å²) in [4.78, 5) is 18.7. The molecule has 1 amide bonds. The molecule has 2 aliphatic heterocycles. The Morgan fingerprint density at radius 1 is 1.21 bits per heavy atom. The quantitative estimate of drug-likeness (QED) is 0.709. The van der Waals surface area contributed by atoms with E-state index in [0.29, 0.717) is 25.4 Å². The Labute approximate surface area is 191 Å². The first-order valence-electron chi connectivity index (χ1n) is 11.2. The molecule has 6 nitrogen and oxygen atoms in total. The van der Waals surface area contributed by atoms with Crippen molar-refractivity contribution in [3.05, 3.63) is 53.3 Å². The molecule has 1 unspecified atom stereocenters. The number of piperidine rings is 1. The number of halogens is 3. The van der Waals surface area contributed by atoms with Crippen LogP contribution in [0.15, 0.2) is 36.5 Å². The van der Waals surface area contributed by atoms with Gasteiger partial charge >= 0.3 is 6.18 Å². The lowest BCUT2D eigenvalue weighted by atomic mass is 9.96. The normalized spacial score (nSPS) is 19.3. The maximum atomic E-state index is 13.3. The van der Waals surface area contributed by atoms with Crippen molar-refractivity contribution in [2.75, 3.05) is 32.8 Å². The highest BCUT2D eigenvalue weighted by Gasteiger charge is 2.38. The highest BCUT2D eigenvalue weighted by Crippen LogP contribution is 2.43. The molecule has 1 saturated heterocycles. The minimum Gasteiger partial charge on any atom is -0.486 e. The minimum atomic E-state index is -4.49. The molecule has 0 radical (unpaired) electrons. The summed E-state index contributed by atoms with van der Waals surface area (Å²) in [6.45, 7) is 4.84. The third-order valence-corrected chi connectivity index (χ3v) is 6.22. The predicted molar refractivity (Wildman–Crippen MR) is 116 cm³/mol. The van der Waals surface area contributed by atoms with Crippen LogP contribution in [0.2, 0.25) is 0 Å². The van der Waals surface area contributed by atoms with Crippen LogP contribution in [0.3, 0.4) is 0 Å². The summed E-state index contributed by atoms with van der Waals surface area (Å²) >= 11 is 0. The SMILES string of the molecule is Cc1ncccc1CC(=O)NCC1CCN(CC2COc3cccc(C(F)(F)F)c3O2)CC1. The molecule has 1 atom stereocenters. The van der Waals surface area contributed by atoms with Crippen LogP contribution in [-0.4, -0.2) is 54.7 Å². The fraction of sp³-hybridized carbons (Fsp3) is 0.500. The van der Waals surface area contributed by atoms with Crippen LogP contribution in [0.5, 0.6) is 11.5 Å². The fourth-order valence-electron chi connectivity index (χ4n) is 4.31. The predicted octanol–water partition coefficient (Wildman–Crippen LogP) is 3.62. The fourth-order valence-corrected chi connectivity index (χ4v) is 4.31. The zero-order valence-corrected chi connectivity index (χ0v) is 18.5. The van der Waals surface area contributed by atoms with Gasteiger partial charge in [0.25, 0.3) is 0 Å². The number of nitrogens with zero attached hydrogens (tertiary/aromatic N) is 2. The largest absolute Gasteiger partial charge is 0.486 e. The lowest BCUT2D eigenvalue weighted by molar-refractivity contribution is -0.140. The Morgan fingerprint density at radius 2 is 2.00 bits per heavy atom. The molecule has 9 heteroatoms. The molecule has 1 N–H and O–H groups in total. The summed E-state index contributed by atoms with van der Waals surface area (Å²) in [5, 5.41) is 3.02. The van der Waals surface area contributed by atoms with E-state index >= 15 is 0 Å². The summed E-state index contributed by atoms with van der Waals surface area (Å²) in [6.07, 6.45) is -1.11. The minimum absolute atomic E-state index is 0.0135. The van der Waals surface area contributed by atoms with Crippen molar-refractivity contribution in [1.29, 1.82) is 0 Å². The summed E-state index contributed by atoms with van der Waals surface area (Å²) in [5.41, 5.74) is 0.982. The lowest BCUT2D eigenvalue weighted by Gasteiger charge is -2.36. The smallest absolute Gasteiger partial charge is 0.420 e. The third-order valence-electron chi connectivity index (χ3n) is 6.22. The Morgan fingerprint density at radius 3 is 2.73 bits per heavy atom. The van der Waals surface area contributed by atoms with Gasteiger partial charge in [0, 0.05) is 25.0 Å². The van der Waals surface area contributed by atoms with Gasteiger partial charge < -0.3 is 14.8 Å². The second kappa shape index (κ2) is 9.99. The van der Waals surface area contributed by atoms with E-state index in [9.17, 15) is 18.0 Å². The Bertz CT molecular complexity index is 975. The number of hydrogen-bond donors (Lipinski definition) is 1. The summed E-state index contributed by atoms with van der Waals surface area (Å²) in [5.74, 6) is 0.279. The van der Waals surface area contributed by atoms with Gasteiger partial charge in [-0.3, -0.25) is 14.7 Å². The van der Waals surface area contributed by atoms with Crippen molar-refractivity contribution < 1.29 is 27.4 Å². The molecule has 0 bridgehead atoms. The van der Waals surface area contributed by atoms with Crippen molar-refractivity contribution >= 4 is 5.91 Å². The van der Waals surface area contributed by atoms with Crippen molar-refractivity contribution in [2.24, 2.45) is 5.92 Å². The standard InChI is InChI=1S/C24H28F3N3O3/c1-16-18(4-3-9-28-16)12-22(31)29-13-17-7-10-30(11-8-17)14-19-15-32-21-6-2-5-20(23(21)33-19)24(25,26)27/h2-6,9,17,19H,7-8,10-15H2,1H3,(H,29,31). The van der Waals surface area contributed by atoms with E-state index < -0.39 is 17.8 Å². The lowest BCUT2D eigenvalue weighted by Crippen LogP contribution is -2.45. The molecule has 0 aliphatic carbocycles. The number of ether oxygens (including phenoxy) is 2. The van der Waals surface area contributed by atoms with Crippen LogP contribution in [0.25, 0.3) is 0 Å². The first-order valence-corrected chi connectivity index (χ1v) is 11.2. The molecular weight excluding hydrogens is 435 g/mol. The van der Waals surface area contributed by atoms with E-state index in [1.165, 1.54) is 12.1 Å². The maximum Gasteiger partial charge on any atom is 0.420 e. The van der Waals surface area contributed by atoms with Gasteiger partial charge in [-0.1, -0.05) is 12.1 Å². The van der Waals surface area contributed by atoms with E-state index in [4.69, 9.17) is 9.47 Å². The van der Waals surface area contributed by atoms with Gasteiger partial charge in [0.1, 0.15) is 18.3 Å². The van der Waals surface area contributed by atoms with Crippen molar-refractivity contribution in [3.8, 4) is 11.5 Å². The van der Waals surface area contributed by atoms with E-state index in [2.05, 4.69) is 15.2 Å². The molecule has 3 heterocycles. The topological polar surface area (TPSA) is 63.7 Å². The Balaban J connectivity index is 1.22. The Kier molecular flexibility index (Phi) is 7.07. The van der Waals surface area contributed by atoms with Crippen molar-refractivity contribution in [1.82, 2.24) is 15.2 Å². The molecule has 33 heavy (non-hydrogen) atoms. The summed E-state index contributed by atoms with van der Waals surface area (Å²) < 4.78 is 51.2. The summed E-state index contributed by atoms with van der Waals surface area (Å²) in [6, 6.07) is 7.57. The summed E-state index contributed by atoms with van der Waals surface area (Å²) in [7, 11) is 0. The number of benzene rings is 1. The van der Waals surface area contributed by atoms with Crippen molar-refractivity contribution in [2.45, 2.75) is 38.5 Å². The Hall–Kier alpha value is -2.81.